The SMILES string of the molecule is O=Cc1c(Cl)cc(I)cc1[N+](=O)[O-]. The number of aldehydes is 1. The van der Waals surface area contributed by atoms with E-state index < -0.39 is 4.92 Å². The van der Waals surface area contributed by atoms with Crippen LogP contribution in [-0.4, -0.2) is 11.2 Å². The van der Waals surface area contributed by atoms with E-state index >= 15 is 0 Å². The van der Waals surface area contributed by atoms with E-state index in [9.17, 15) is 14.9 Å². The number of carbonyl (C=O) groups is 1. The van der Waals surface area contributed by atoms with Crippen LogP contribution in [0.3, 0.4) is 0 Å². The molecule has 0 aliphatic carbocycles. The Morgan fingerprint density at radius 1 is 1.54 bits per heavy atom. The molecule has 0 N–H and O–H groups in total. The van der Waals surface area contributed by atoms with Crippen molar-refractivity contribution in [2.24, 2.45) is 0 Å². The van der Waals surface area contributed by atoms with Crippen molar-refractivity contribution in [3.8, 4) is 0 Å². The van der Waals surface area contributed by atoms with E-state index in [1.807, 2.05) is 22.6 Å². The highest BCUT2D eigenvalue weighted by molar-refractivity contribution is 14.1. The number of nitro benzene ring substituents is 1. The smallest absolute Gasteiger partial charge is 0.282 e. The second-order valence-corrected chi connectivity index (χ2v) is 3.85. The van der Waals surface area contributed by atoms with E-state index in [4.69, 9.17) is 11.6 Å². The van der Waals surface area contributed by atoms with Gasteiger partial charge in [-0.1, -0.05) is 11.6 Å². The minimum Gasteiger partial charge on any atom is -0.298 e. The van der Waals surface area contributed by atoms with Crippen molar-refractivity contribution in [1.29, 1.82) is 0 Å². The second kappa shape index (κ2) is 4.01. The summed E-state index contributed by atoms with van der Waals surface area (Å²) in [6, 6.07) is 2.80. The maximum absolute atomic E-state index is 10.5. The normalized spacial score (nSPS) is 9.69. The molecular weight excluding hydrogens is 308 g/mol. The first-order valence-electron chi connectivity index (χ1n) is 3.15. The van der Waals surface area contributed by atoms with Crippen LogP contribution in [0.2, 0.25) is 5.02 Å². The maximum Gasteiger partial charge on any atom is 0.282 e. The van der Waals surface area contributed by atoms with Crippen molar-refractivity contribution in [3.63, 3.8) is 0 Å². The molecule has 0 spiro atoms. The molecule has 1 aromatic rings. The van der Waals surface area contributed by atoms with Crippen LogP contribution in [0.5, 0.6) is 0 Å². The van der Waals surface area contributed by atoms with Crippen LogP contribution in [0.15, 0.2) is 12.1 Å². The summed E-state index contributed by atoms with van der Waals surface area (Å²) >= 11 is 7.53. The Balaban J connectivity index is 3.46. The Kier molecular flexibility index (Phi) is 3.21. The third kappa shape index (κ3) is 2.16. The average molecular weight is 311 g/mol. The van der Waals surface area contributed by atoms with Gasteiger partial charge in [-0.15, -0.1) is 0 Å². The third-order valence-corrected chi connectivity index (χ3v) is 2.32. The van der Waals surface area contributed by atoms with Crippen molar-refractivity contribution in [2.45, 2.75) is 0 Å². The Morgan fingerprint density at radius 3 is 2.62 bits per heavy atom. The molecule has 1 aromatic carbocycles. The monoisotopic (exact) mass is 311 g/mol. The van der Waals surface area contributed by atoms with Gasteiger partial charge in [0, 0.05) is 9.64 Å². The van der Waals surface area contributed by atoms with Gasteiger partial charge in [-0.3, -0.25) is 14.9 Å². The molecule has 0 aromatic heterocycles. The number of hydrogen-bond acceptors (Lipinski definition) is 3. The van der Waals surface area contributed by atoms with Gasteiger partial charge in [0.15, 0.2) is 6.29 Å². The molecule has 0 amide bonds. The number of rotatable bonds is 2. The number of carbonyl (C=O) groups excluding carboxylic acids is 1. The van der Waals surface area contributed by atoms with Gasteiger partial charge in [0.05, 0.1) is 9.95 Å². The minimum atomic E-state index is -0.627. The van der Waals surface area contributed by atoms with Crippen molar-refractivity contribution >= 4 is 46.2 Å². The summed E-state index contributed by atoms with van der Waals surface area (Å²) < 4.78 is 0.625. The molecule has 6 heteroatoms. The molecule has 0 saturated carbocycles. The predicted octanol–water partition coefficient (Wildman–Crippen LogP) is 2.67. The van der Waals surface area contributed by atoms with E-state index in [1.165, 1.54) is 12.1 Å². The molecule has 0 aliphatic rings. The molecule has 0 saturated heterocycles. The van der Waals surface area contributed by atoms with E-state index in [0.717, 1.165) is 0 Å². The summed E-state index contributed by atoms with van der Waals surface area (Å²) in [7, 11) is 0. The fourth-order valence-electron chi connectivity index (χ4n) is 0.839. The van der Waals surface area contributed by atoms with Crippen LogP contribution in [0.25, 0.3) is 0 Å². The quantitative estimate of drug-likeness (QED) is 0.365. The summed E-state index contributed by atoms with van der Waals surface area (Å²) in [5.74, 6) is 0. The zero-order valence-corrected chi connectivity index (χ0v) is 9.07. The minimum absolute atomic E-state index is 0.0768. The molecule has 1 rings (SSSR count). The van der Waals surface area contributed by atoms with Crippen molar-refractivity contribution < 1.29 is 9.72 Å². The van der Waals surface area contributed by atoms with Crippen molar-refractivity contribution in [1.82, 2.24) is 0 Å². The van der Waals surface area contributed by atoms with E-state index in [1.54, 1.807) is 0 Å². The molecule has 0 atom stereocenters. The lowest BCUT2D eigenvalue weighted by Gasteiger charge is -1.98. The first-order chi connectivity index (χ1) is 6.06. The molecule has 0 fully saturated rings. The van der Waals surface area contributed by atoms with Crippen LogP contribution in [0.4, 0.5) is 5.69 Å². The standard InChI is InChI=1S/C7H3ClINO3/c8-6-1-4(9)2-7(10(12)13)5(6)3-11/h1-3H. The van der Waals surface area contributed by atoms with Gasteiger partial charge in [-0.25, -0.2) is 0 Å². The van der Waals surface area contributed by atoms with Crippen LogP contribution in [0, 0.1) is 13.7 Å². The van der Waals surface area contributed by atoms with E-state index in [-0.39, 0.29) is 16.3 Å². The lowest BCUT2D eigenvalue weighted by molar-refractivity contribution is -0.385. The Bertz CT molecular complexity index is 380. The molecule has 0 unspecified atom stereocenters. The van der Waals surface area contributed by atoms with E-state index in [2.05, 4.69) is 0 Å². The van der Waals surface area contributed by atoms with Gasteiger partial charge in [0.2, 0.25) is 0 Å². The summed E-state index contributed by atoms with van der Waals surface area (Å²) in [6.07, 6.45) is 0.385. The molecule has 0 bridgehead atoms. The highest BCUT2D eigenvalue weighted by atomic mass is 127. The fraction of sp³-hybridized carbons (Fsp3) is 0. The predicted molar refractivity (Wildman–Crippen MR) is 56.2 cm³/mol. The first-order valence-corrected chi connectivity index (χ1v) is 4.60. The summed E-state index contributed by atoms with van der Waals surface area (Å²) in [5.41, 5.74) is -0.334. The maximum atomic E-state index is 10.5. The zero-order valence-electron chi connectivity index (χ0n) is 6.16. The van der Waals surface area contributed by atoms with Crippen molar-refractivity contribution in [3.05, 3.63) is 36.4 Å². The van der Waals surface area contributed by atoms with Crippen LogP contribution < -0.4 is 0 Å². The third-order valence-electron chi connectivity index (χ3n) is 1.39. The molecule has 4 nitrogen and oxygen atoms in total. The first kappa shape index (κ1) is 10.4. The van der Waals surface area contributed by atoms with Crippen LogP contribution in [0.1, 0.15) is 10.4 Å². The Labute approximate surface area is 92.2 Å². The highest BCUT2D eigenvalue weighted by Gasteiger charge is 2.17. The Hall–Kier alpha value is -0.690. The highest BCUT2D eigenvalue weighted by Crippen LogP contribution is 2.27. The lowest BCUT2D eigenvalue weighted by atomic mass is 10.2. The van der Waals surface area contributed by atoms with Gasteiger partial charge >= 0.3 is 0 Å². The molecular formula is C7H3ClINO3. The van der Waals surface area contributed by atoms with Gasteiger partial charge in [0.25, 0.3) is 5.69 Å². The summed E-state index contributed by atoms with van der Waals surface area (Å²) in [5, 5.41) is 10.6. The number of hydrogen-bond donors (Lipinski definition) is 0. The Morgan fingerprint density at radius 2 is 2.15 bits per heavy atom. The topological polar surface area (TPSA) is 60.2 Å². The molecule has 13 heavy (non-hydrogen) atoms. The molecule has 0 aliphatic heterocycles. The number of benzene rings is 1. The molecule has 0 heterocycles. The van der Waals surface area contributed by atoms with Crippen LogP contribution >= 0.6 is 34.2 Å². The van der Waals surface area contributed by atoms with Crippen LogP contribution in [-0.2, 0) is 0 Å². The number of halogens is 2. The fourth-order valence-corrected chi connectivity index (χ4v) is 1.89. The van der Waals surface area contributed by atoms with Crippen molar-refractivity contribution in [2.75, 3.05) is 0 Å². The summed E-state index contributed by atoms with van der Waals surface area (Å²) in [6.45, 7) is 0. The van der Waals surface area contributed by atoms with E-state index in [0.29, 0.717) is 9.86 Å². The number of nitro groups is 1. The largest absolute Gasteiger partial charge is 0.298 e. The average Bonchev–Trinajstić information content (AvgIpc) is 2.02. The van der Waals surface area contributed by atoms with Gasteiger partial charge in [-0.2, -0.15) is 0 Å². The number of nitrogens with zero attached hydrogens (tertiary/aromatic N) is 1. The van der Waals surface area contributed by atoms with Gasteiger partial charge < -0.3 is 0 Å². The molecule has 0 radical (unpaired) electrons. The van der Waals surface area contributed by atoms with Gasteiger partial charge in [0.1, 0.15) is 5.56 Å². The zero-order chi connectivity index (χ0) is 10.0. The summed E-state index contributed by atoms with van der Waals surface area (Å²) in [4.78, 5) is 20.3. The second-order valence-electron chi connectivity index (χ2n) is 2.20. The van der Waals surface area contributed by atoms with Gasteiger partial charge in [-0.05, 0) is 28.7 Å². The molecule has 68 valence electrons. The lowest BCUT2D eigenvalue weighted by Crippen LogP contribution is -1.95.